The fourth-order valence-corrected chi connectivity index (χ4v) is 4.53. The third-order valence-corrected chi connectivity index (χ3v) is 6.53. The van der Waals surface area contributed by atoms with Crippen LogP contribution in [0.25, 0.3) is 0 Å². The Morgan fingerprint density at radius 1 is 1.11 bits per heavy atom. The second-order valence-electron chi connectivity index (χ2n) is 9.90. The van der Waals surface area contributed by atoms with E-state index in [2.05, 4.69) is 16.1 Å². The van der Waals surface area contributed by atoms with Crippen LogP contribution in [0.4, 0.5) is 0 Å². The van der Waals surface area contributed by atoms with E-state index in [1.807, 2.05) is 13.8 Å². The van der Waals surface area contributed by atoms with Crippen molar-refractivity contribution in [3.63, 3.8) is 0 Å². The normalized spacial score (nSPS) is 16.2. The van der Waals surface area contributed by atoms with Gasteiger partial charge in [-0.1, -0.05) is 57.0 Å². The first-order valence-corrected chi connectivity index (χ1v) is 13.4. The third-order valence-electron chi connectivity index (χ3n) is 5.90. The molecular weight excluding hydrogens is 535 g/mol. The van der Waals surface area contributed by atoms with Gasteiger partial charge in [0.05, 0.1) is 21.7 Å². The van der Waals surface area contributed by atoms with Crippen LogP contribution >= 0.6 is 23.2 Å². The molecule has 1 heterocycles. The molecule has 2 rings (SSSR count). The molecule has 0 spiro atoms. The number of benzene rings is 1. The maximum absolute atomic E-state index is 13.2. The fraction of sp³-hybridized carbons (Fsp3) is 0.577. The summed E-state index contributed by atoms with van der Waals surface area (Å²) < 4.78 is 5.14. The van der Waals surface area contributed by atoms with Gasteiger partial charge in [-0.2, -0.15) is 0 Å². The molecule has 3 N–H and O–H groups in total. The Labute approximate surface area is 233 Å². The van der Waals surface area contributed by atoms with Gasteiger partial charge in [0, 0.05) is 25.9 Å². The molecule has 38 heavy (non-hydrogen) atoms. The lowest BCUT2D eigenvalue weighted by atomic mass is 9.98. The van der Waals surface area contributed by atoms with E-state index >= 15 is 0 Å². The van der Waals surface area contributed by atoms with Crippen LogP contribution in [-0.4, -0.2) is 66.3 Å². The maximum atomic E-state index is 13.2. The predicted octanol–water partition coefficient (Wildman–Crippen LogP) is 2.91. The number of amides is 3. The molecule has 2 atom stereocenters. The van der Waals surface area contributed by atoms with E-state index in [1.54, 1.807) is 19.9 Å². The number of nitrogens with one attached hydrogen (secondary N) is 3. The number of carbonyl (C=O) groups is 5. The highest BCUT2D eigenvalue weighted by Crippen LogP contribution is 2.25. The van der Waals surface area contributed by atoms with Gasteiger partial charge in [0.15, 0.2) is 12.4 Å². The van der Waals surface area contributed by atoms with Crippen molar-refractivity contribution in [1.82, 2.24) is 21.1 Å². The van der Waals surface area contributed by atoms with E-state index in [9.17, 15) is 24.0 Å². The van der Waals surface area contributed by atoms with Crippen LogP contribution in [0.2, 0.25) is 10.0 Å². The van der Waals surface area contributed by atoms with Crippen molar-refractivity contribution >= 4 is 52.7 Å². The molecular formula is C26H36Cl2N4O6. The minimum atomic E-state index is -0.953. The standard InChI is InChI=1S/C26H36Cl2N4O6/c1-15(2)13-21(34)29-12-10-22(35)32-19(9-6-11-30-32)25(36)31-24(16(3)4)20(33)14-38-26(37)23-17(27)7-5-8-18(23)28/h5,7-8,15-16,19,24,30H,6,9-14H2,1-4H3,(H,29,34)(H,31,36)/t19-,24+/m0/s1. The predicted molar refractivity (Wildman–Crippen MR) is 143 cm³/mol. The quantitative estimate of drug-likeness (QED) is 0.329. The Kier molecular flexibility index (Phi) is 12.5. The lowest BCUT2D eigenvalue weighted by molar-refractivity contribution is -0.147. The van der Waals surface area contributed by atoms with E-state index < -0.39 is 36.4 Å². The molecule has 1 aliphatic rings. The van der Waals surface area contributed by atoms with Crippen molar-refractivity contribution in [2.45, 2.75) is 65.5 Å². The van der Waals surface area contributed by atoms with Gasteiger partial charge in [-0.05, 0) is 36.8 Å². The van der Waals surface area contributed by atoms with Crippen molar-refractivity contribution in [3.05, 3.63) is 33.8 Å². The van der Waals surface area contributed by atoms with Gasteiger partial charge < -0.3 is 15.4 Å². The smallest absolute Gasteiger partial charge is 0.341 e. The van der Waals surface area contributed by atoms with Crippen LogP contribution in [0.15, 0.2) is 18.2 Å². The van der Waals surface area contributed by atoms with E-state index in [4.69, 9.17) is 27.9 Å². The molecule has 1 aromatic carbocycles. The number of carbonyl (C=O) groups excluding carboxylic acids is 5. The number of nitrogens with zero attached hydrogens (tertiary/aromatic N) is 1. The Morgan fingerprint density at radius 3 is 2.37 bits per heavy atom. The number of hydrogen-bond acceptors (Lipinski definition) is 7. The zero-order valence-corrected chi connectivity index (χ0v) is 23.7. The van der Waals surface area contributed by atoms with Gasteiger partial charge in [0.25, 0.3) is 0 Å². The summed E-state index contributed by atoms with van der Waals surface area (Å²) in [5.41, 5.74) is 2.91. The van der Waals surface area contributed by atoms with Crippen LogP contribution in [0.3, 0.4) is 0 Å². The highest BCUT2D eigenvalue weighted by molar-refractivity contribution is 6.39. The highest BCUT2D eigenvalue weighted by Gasteiger charge is 2.35. The van der Waals surface area contributed by atoms with Crippen molar-refractivity contribution in [2.75, 3.05) is 19.7 Å². The molecule has 12 heteroatoms. The molecule has 1 aromatic rings. The van der Waals surface area contributed by atoms with Gasteiger partial charge in [0.2, 0.25) is 17.7 Å². The molecule has 0 unspecified atom stereocenters. The van der Waals surface area contributed by atoms with E-state index in [0.717, 1.165) is 0 Å². The Hall–Kier alpha value is -2.69. The van der Waals surface area contributed by atoms with Gasteiger partial charge in [0.1, 0.15) is 6.04 Å². The van der Waals surface area contributed by atoms with Crippen LogP contribution in [0.5, 0.6) is 0 Å². The average Bonchev–Trinajstić information content (AvgIpc) is 2.84. The second kappa shape index (κ2) is 15.0. The largest absolute Gasteiger partial charge is 0.454 e. The molecule has 0 saturated carbocycles. The SMILES string of the molecule is CC(C)CC(=O)NCCC(=O)N1NCCC[C@H]1C(=O)N[C@@H](C(=O)COC(=O)c1c(Cl)cccc1Cl)C(C)C. The van der Waals surface area contributed by atoms with Gasteiger partial charge in [-0.3, -0.25) is 24.2 Å². The molecule has 0 radical (unpaired) electrons. The Bertz CT molecular complexity index is 1010. The van der Waals surface area contributed by atoms with Gasteiger partial charge in [-0.15, -0.1) is 0 Å². The van der Waals surface area contributed by atoms with E-state index in [1.165, 1.54) is 17.1 Å². The van der Waals surface area contributed by atoms with E-state index in [0.29, 0.717) is 25.8 Å². The van der Waals surface area contributed by atoms with Crippen LogP contribution in [-0.2, 0) is 23.9 Å². The zero-order valence-electron chi connectivity index (χ0n) is 22.1. The molecule has 0 bridgehead atoms. The molecule has 1 saturated heterocycles. The third kappa shape index (κ3) is 9.25. The number of halogens is 2. The Balaban J connectivity index is 1.98. The number of esters is 1. The lowest BCUT2D eigenvalue weighted by Crippen LogP contribution is -2.61. The van der Waals surface area contributed by atoms with Crippen molar-refractivity contribution in [1.29, 1.82) is 0 Å². The number of Topliss-reactive ketones (excluding diaryl/α,β-unsaturated/α-hetero) is 1. The van der Waals surface area contributed by atoms with Crippen molar-refractivity contribution < 1.29 is 28.7 Å². The first-order valence-electron chi connectivity index (χ1n) is 12.7. The molecule has 1 fully saturated rings. The fourth-order valence-electron chi connectivity index (χ4n) is 3.98. The highest BCUT2D eigenvalue weighted by atomic mass is 35.5. The number of ketones is 1. The summed E-state index contributed by atoms with van der Waals surface area (Å²) in [6.45, 7) is 7.44. The zero-order chi connectivity index (χ0) is 28.4. The summed E-state index contributed by atoms with van der Waals surface area (Å²) in [7, 11) is 0. The van der Waals surface area contributed by atoms with Crippen molar-refractivity contribution in [2.24, 2.45) is 11.8 Å². The molecule has 1 aliphatic heterocycles. The number of hydrogen-bond donors (Lipinski definition) is 3. The number of ether oxygens (including phenoxy) is 1. The molecule has 0 aromatic heterocycles. The summed E-state index contributed by atoms with van der Waals surface area (Å²) in [6, 6.07) is 2.75. The summed E-state index contributed by atoms with van der Waals surface area (Å²) >= 11 is 12.1. The molecule has 10 nitrogen and oxygen atoms in total. The van der Waals surface area contributed by atoms with Gasteiger partial charge in [-0.25, -0.2) is 10.2 Å². The maximum Gasteiger partial charge on any atom is 0.341 e. The van der Waals surface area contributed by atoms with Crippen molar-refractivity contribution in [3.8, 4) is 0 Å². The first-order chi connectivity index (χ1) is 17.9. The van der Waals surface area contributed by atoms with Crippen LogP contribution in [0, 0.1) is 11.8 Å². The molecule has 0 aliphatic carbocycles. The Morgan fingerprint density at radius 2 is 1.76 bits per heavy atom. The van der Waals surface area contributed by atoms with Gasteiger partial charge >= 0.3 is 5.97 Å². The average molecular weight is 572 g/mol. The lowest BCUT2D eigenvalue weighted by Gasteiger charge is -2.36. The minimum Gasteiger partial charge on any atom is -0.454 e. The summed E-state index contributed by atoms with van der Waals surface area (Å²) in [5, 5.41) is 6.89. The second-order valence-corrected chi connectivity index (χ2v) is 10.7. The summed E-state index contributed by atoms with van der Waals surface area (Å²) in [4.78, 5) is 63.2. The monoisotopic (exact) mass is 570 g/mol. The van der Waals surface area contributed by atoms with E-state index in [-0.39, 0.29) is 52.2 Å². The van der Waals surface area contributed by atoms with Crippen LogP contribution in [0.1, 0.15) is 63.7 Å². The topological polar surface area (TPSA) is 134 Å². The first kappa shape index (κ1) is 31.5. The summed E-state index contributed by atoms with van der Waals surface area (Å²) in [5.74, 6) is -2.45. The minimum absolute atomic E-state index is 0.0215. The molecule has 210 valence electrons. The van der Waals surface area contributed by atoms with Crippen LogP contribution < -0.4 is 16.1 Å². The molecule has 3 amide bonds. The number of hydrazine groups is 1. The summed E-state index contributed by atoms with van der Waals surface area (Å²) in [6.07, 6.45) is 1.45. The number of rotatable bonds is 12.